The van der Waals surface area contributed by atoms with Crippen LogP contribution in [0.3, 0.4) is 0 Å². The number of halogens is 2. The number of carbonyl (C=O) groups excluding carboxylic acids is 1. The van der Waals surface area contributed by atoms with Gasteiger partial charge in [-0.3, -0.25) is 14.7 Å². The van der Waals surface area contributed by atoms with Crippen molar-refractivity contribution in [2.24, 2.45) is 0 Å². The Hall–Kier alpha value is -4.16. The summed E-state index contributed by atoms with van der Waals surface area (Å²) in [6.45, 7) is 5.65. The highest BCUT2D eigenvalue weighted by molar-refractivity contribution is 6.01. The summed E-state index contributed by atoms with van der Waals surface area (Å²) < 4.78 is 43.4. The first-order chi connectivity index (χ1) is 22.7. The summed E-state index contributed by atoms with van der Waals surface area (Å²) in [5.74, 6) is -1.14. The summed E-state index contributed by atoms with van der Waals surface area (Å²) >= 11 is 0. The predicted molar refractivity (Wildman–Crippen MR) is 173 cm³/mol. The molecular formula is C35H39F2N5O5. The molecule has 0 bridgehead atoms. The normalized spacial score (nSPS) is 23.0. The molecule has 4 aromatic rings. The summed E-state index contributed by atoms with van der Waals surface area (Å²) in [6, 6.07) is 5.95. The molecule has 0 aliphatic carbocycles. The highest BCUT2D eigenvalue weighted by atomic mass is 19.1. The summed E-state index contributed by atoms with van der Waals surface area (Å²) in [5.41, 5.74) is 0.307. The molecule has 0 spiro atoms. The number of hydrogen-bond donors (Lipinski definition) is 2. The van der Waals surface area contributed by atoms with Crippen LogP contribution in [-0.2, 0) is 16.0 Å². The number of hydrogen-bond acceptors (Lipinski definition) is 10. The van der Waals surface area contributed by atoms with Crippen molar-refractivity contribution in [3.05, 3.63) is 47.7 Å². The van der Waals surface area contributed by atoms with E-state index in [4.69, 9.17) is 14.5 Å². The van der Waals surface area contributed by atoms with E-state index in [1.54, 1.807) is 6.07 Å². The average molecular weight is 648 g/mol. The maximum atomic E-state index is 16.8. The summed E-state index contributed by atoms with van der Waals surface area (Å²) in [4.78, 5) is 29.6. The molecule has 10 nitrogen and oxygen atoms in total. The van der Waals surface area contributed by atoms with Crippen LogP contribution in [-0.4, -0.2) is 86.6 Å². The molecular weight excluding hydrogens is 608 g/mol. The van der Waals surface area contributed by atoms with Crippen LogP contribution in [0.25, 0.3) is 32.9 Å². The van der Waals surface area contributed by atoms with Gasteiger partial charge in [0.1, 0.15) is 41.8 Å². The van der Waals surface area contributed by atoms with Gasteiger partial charge < -0.3 is 24.6 Å². The van der Waals surface area contributed by atoms with Crippen LogP contribution in [0, 0.1) is 11.6 Å². The molecule has 7 rings (SSSR count). The van der Waals surface area contributed by atoms with Gasteiger partial charge in [0.05, 0.1) is 17.0 Å². The molecule has 47 heavy (non-hydrogen) atoms. The van der Waals surface area contributed by atoms with Gasteiger partial charge in [0.15, 0.2) is 5.82 Å². The highest BCUT2D eigenvalue weighted by Gasteiger charge is 2.50. The lowest BCUT2D eigenvalue weighted by molar-refractivity contribution is -0.142. The number of benzene rings is 2. The summed E-state index contributed by atoms with van der Waals surface area (Å²) in [5, 5.41) is 22.5. The number of carbonyl (C=O) groups is 1. The van der Waals surface area contributed by atoms with Crippen LogP contribution < -0.4 is 9.64 Å². The average Bonchev–Trinajstić information content (AvgIpc) is 3.62. The van der Waals surface area contributed by atoms with Crippen molar-refractivity contribution in [3.8, 4) is 23.0 Å². The quantitative estimate of drug-likeness (QED) is 0.244. The van der Waals surface area contributed by atoms with Crippen molar-refractivity contribution < 1.29 is 33.3 Å². The van der Waals surface area contributed by atoms with E-state index < -0.39 is 17.7 Å². The number of aromatic nitrogens is 3. The van der Waals surface area contributed by atoms with Crippen LogP contribution >= 0.6 is 0 Å². The molecule has 3 atom stereocenters. The SMILES string of the molecule is CCc1c(F)ccc2cc(O)cc(-c3ncc4c(N5CCCC(O)C5)nc(OCC56CCCN5C(COC(C)=O)CC6)nc4c3F)c12. The number of piperidine rings is 1. The highest BCUT2D eigenvalue weighted by Crippen LogP contribution is 2.43. The van der Waals surface area contributed by atoms with E-state index >= 15 is 4.39 Å². The number of phenolic OH excluding ortho intramolecular Hbond substituents is 1. The van der Waals surface area contributed by atoms with E-state index in [1.165, 1.54) is 31.3 Å². The van der Waals surface area contributed by atoms with Gasteiger partial charge in [-0.25, -0.2) is 8.78 Å². The molecule has 12 heteroatoms. The molecule has 0 saturated carbocycles. The molecule has 3 aliphatic rings. The van der Waals surface area contributed by atoms with Crippen LogP contribution in [0.5, 0.6) is 11.8 Å². The Bertz CT molecular complexity index is 1860. The first-order valence-corrected chi connectivity index (χ1v) is 16.4. The van der Waals surface area contributed by atoms with Gasteiger partial charge in [0, 0.05) is 37.8 Å². The fraction of sp³-hybridized carbons (Fsp3) is 0.486. The fourth-order valence-corrected chi connectivity index (χ4v) is 7.90. The Morgan fingerprint density at radius 3 is 2.77 bits per heavy atom. The number of aryl methyl sites for hydroxylation is 1. The third-order valence-electron chi connectivity index (χ3n) is 10.1. The molecule has 0 amide bonds. The summed E-state index contributed by atoms with van der Waals surface area (Å²) in [7, 11) is 0. The number of aliphatic hydroxyl groups excluding tert-OH is 1. The monoisotopic (exact) mass is 647 g/mol. The number of rotatable bonds is 8. The molecule has 3 aliphatic heterocycles. The lowest BCUT2D eigenvalue weighted by Crippen LogP contribution is -2.48. The van der Waals surface area contributed by atoms with Crippen molar-refractivity contribution in [1.29, 1.82) is 0 Å². The van der Waals surface area contributed by atoms with Gasteiger partial charge in [-0.15, -0.1) is 0 Å². The standard InChI is InChI=1S/C35H39F2N5O5/c1-3-25-28(36)8-7-21-14-24(45)15-26(29(21)25)31-30(37)32-27(16-38-31)33(41-12-4-6-23(44)17-41)40-34(39-32)47-19-35-10-5-13-42(35)22(9-11-35)18-46-20(2)43/h7-8,14-16,22-23,44-45H,3-6,9-13,17-19H2,1-2H3. The molecule has 3 unspecified atom stereocenters. The van der Waals surface area contributed by atoms with Gasteiger partial charge in [-0.05, 0) is 86.0 Å². The number of ether oxygens (including phenoxy) is 2. The molecule has 0 radical (unpaired) electrons. The van der Waals surface area contributed by atoms with E-state index in [-0.39, 0.29) is 52.7 Å². The Balaban J connectivity index is 1.31. The fourth-order valence-electron chi connectivity index (χ4n) is 7.90. The Morgan fingerprint density at radius 1 is 1.13 bits per heavy atom. The number of aliphatic hydroxyl groups is 1. The van der Waals surface area contributed by atoms with E-state index in [0.29, 0.717) is 60.1 Å². The van der Waals surface area contributed by atoms with E-state index in [9.17, 15) is 19.4 Å². The number of pyridine rings is 1. The Labute approximate surface area is 271 Å². The van der Waals surface area contributed by atoms with Gasteiger partial charge in [0.2, 0.25) is 0 Å². The Kier molecular flexibility index (Phi) is 8.33. The van der Waals surface area contributed by atoms with Gasteiger partial charge in [-0.2, -0.15) is 9.97 Å². The first-order valence-electron chi connectivity index (χ1n) is 16.4. The van der Waals surface area contributed by atoms with E-state index in [0.717, 1.165) is 38.6 Å². The van der Waals surface area contributed by atoms with Crippen molar-refractivity contribution in [2.45, 2.75) is 76.5 Å². The maximum absolute atomic E-state index is 16.8. The van der Waals surface area contributed by atoms with Crippen molar-refractivity contribution in [3.63, 3.8) is 0 Å². The largest absolute Gasteiger partial charge is 0.508 e. The molecule has 2 aromatic heterocycles. The zero-order valence-corrected chi connectivity index (χ0v) is 26.6. The minimum Gasteiger partial charge on any atom is -0.508 e. The van der Waals surface area contributed by atoms with Crippen LogP contribution in [0.15, 0.2) is 30.5 Å². The third-order valence-corrected chi connectivity index (χ3v) is 10.1. The number of nitrogens with zero attached hydrogens (tertiary/aromatic N) is 5. The van der Waals surface area contributed by atoms with E-state index in [1.807, 2.05) is 11.8 Å². The van der Waals surface area contributed by atoms with Crippen LogP contribution in [0.1, 0.15) is 57.9 Å². The molecule has 2 aromatic carbocycles. The van der Waals surface area contributed by atoms with Crippen molar-refractivity contribution in [1.82, 2.24) is 19.9 Å². The zero-order chi connectivity index (χ0) is 32.9. The smallest absolute Gasteiger partial charge is 0.319 e. The van der Waals surface area contributed by atoms with Crippen LogP contribution in [0.4, 0.5) is 14.6 Å². The molecule has 3 fully saturated rings. The van der Waals surface area contributed by atoms with Gasteiger partial charge >= 0.3 is 12.0 Å². The van der Waals surface area contributed by atoms with Crippen molar-refractivity contribution in [2.75, 3.05) is 37.7 Å². The van der Waals surface area contributed by atoms with Crippen molar-refractivity contribution >= 4 is 33.5 Å². The molecule has 3 saturated heterocycles. The maximum Gasteiger partial charge on any atom is 0.319 e. The lowest BCUT2D eigenvalue weighted by atomic mass is 9.94. The third kappa shape index (κ3) is 5.71. The second kappa shape index (κ2) is 12.5. The number of anilines is 1. The number of esters is 1. The number of fused-ring (bicyclic) bond motifs is 3. The van der Waals surface area contributed by atoms with E-state index in [2.05, 4.69) is 14.9 Å². The number of β-amino-alcohol motifs (C(OH)–C–C–N with tert-alkyl or cyclic N) is 1. The van der Waals surface area contributed by atoms with Gasteiger partial charge in [0.25, 0.3) is 0 Å². The Morgan fingerprint density at radius 2 is 1.98 bits per heavy atom. The zero-order valence-electron chi connectivity index (χ0n) is 26.6. The lowest BCUT2D eigenvalue weighted by Gasteiger charge is -2.34. The van der Waals surface area contributed by atoms with Crippen LogP contribution in [0.2, 0.25) is 0 Å². The molecule has 5 heterocycles. The second-order valence-electron chi connectivity index (χ2n) is 13.0. The minimum absolute atomic E-state index is 0.00864. The first kappa shape index (κ1) is 31.4. The summed E-state index contributed by atoms with van der Waals surface area (Å²) in [6.07, 6.45) is 6.32. The number of phenols is 1. The molecule has 2 N–H and O–H groups in total. The minimum atomic E-state index is -0.741. The topological polar surface area (TPSA) is 121 Å². The number of aromatic hydroxyl groups is 1. The molecule has 248 valence electrons. The predicted octanol–water partition coefficient (Wildman–Crippen LogP) is 5.29. The second-order valence-corrected chi connectivity index (χ2v) is 13.0. The van der Waals surface area contributed by atoms with Gasteiger partial charge in [-0.1, -0.05) is 13.0 Å².